The predicted molar refractivity (Wildman–Crippen MR) is 65.1 cm³/mol. The van der Waals surface area contributed by atoms with Crippen LogP contribution in [-0.2, 0) is 0 Å². The molecule has 2 saturated carbocycles. The molecule has 88 valence electrons. The lowest BCUT2D eigenvalue weighted by atomic mass is 10.2. The number of nitrogens with one attached hydrogen (secondary N) is 1. The minimum Gasteiger partial charge on any atom is -0.315 e. The molecule has 0 saturated heterocycles. The van der Waals surface area contributed by atoms with E-state index < -0.39 is 0 Å². The molecule has 0 amide bonds. The standard InChI is InChI=1S/C13H26N2/c1-15(13-4-2-3-5-13)11-10-14-9-8-12-6-7-12/h12-14H,2-11H2,1H3. The Morgan fingerprint density at radius 3 is 2.47 bits per heavy atom. The molecule has 2 aliphatic carbocycles. The fourth-order valence-electron chi connectivity index (χ4n) is 2.62. The monoisotopic (exact) mass is 210 g/mol. The Bertz CT molecular complexity index is 171. The molecule has 0 aromatic heterocycles. The van der Waals surface area contributed by atoms with Gasteiger partial charge in [-0.2, -0.15) is 0 Å². The molecular formula is C13H26N2. The predicted octanol–water partition coefficient (Wildman–Crippen LogP) is 2.25. The van der Waals surface area contributed by atoms with Gasteiger partial charge in [0.2, 0.25) is 0 Å². The van der Waals surface area contributed by atoms with Gasteiger partial charge in [0.15, 0.2) is 0 Å². The van der Waals surface area contributed by atoms with E-state index in [1.165, 1.54) is 64.6 Å². The lowest BCUT2D eigenvalue weighted by Crippen LogP contribution is -2.35. The van der Waals surface area contributed by atoms with Gasteiger partial charge in [0, 0.05) is 19.1 Å². The average Bonchev–Trinajstić information content (AvgIpc) is 2.90. The summed E-state index contributed by atoms with van der Waals surface area (Å²) in [4.78, 5) is 2.55. The zero-order chi connectivity index (χ0) is 10.5. The normalized spacial score (nSPS) is 22.8. The van der Waals surface area contributed by atoms with Gasteiger partial charge in [-0.3, -0.25) is 0 Å². The minimum atomic E-state index is 0.884. The van der Waals surface area contributed by atoms with Crippen molar-refractivity contribution in [3.05, 3.63) is 0 Å². The zero-order valence-corrected chi connectivity index (χ0v) is 10.2. The van der Waals surface area contributed by atoms with Crippen LogP contribution in [0.5, 0.6) is 0 Å². The smallest absolute Gasteiger partial charge is 0.0107 e. The van der Waals surface area contributed by atoms with Crippen molar-refractivity contribution in [1.82, 2.24) is 10.2 Å². The van der Waals surface area contributed by atoms with Crippen LogP contribution in [0.2, 0.25) is 0 Å². The summed E-state index contributed by atoms with van der Waals surface area (Å²) in [7, 11) is 2.29. The van der Waals surface area contributed by atoms with Crippen molar-refractivity contribution < 1.29 is 0 Å². The van der Waals surface area contributed by atoms with E-state index in [0.29, 0.717) is 0 Å². The van der Waals surface area contributed by atoms with Crippen molar-refractivity contribution in [1.29, 1.82) is 0 Å². The molecule has 0 heterocycles. The summed E-state index contributed by atoms with van der Waals surface area (Å²) in [6, 6.07) is 0.884. The van der Waals surface area contributed by atoms with Crippen LogP contribution in [0, 0.1) is 5.92 Å². The summed E-state index contributed by atoms with van der Waals surface area (Å²) in [6.07, 6.45) is 10.1. The van der Waals surface area contributed by atoms with Crippen molar-refractivity contribution in [3.8, 4) is 0 Å². The highest BCUT2D eigenvalue weighted by Gasteiger charge is 2.20. The van der Waals surface area contributed by atoms with Gasteiger partial charge in [-0.15, -0.1) is 0 Å². The average molecular weight is 210 g/mol. The second-order valence-electron chi connectivity index (χ2n) is 5.40. The number of rotatable bonds is 7. The first-order valence-electron chi connectivity index (χ1n) is 6.77. The van der Waals surface area contributed by atoms with E-state index in [2.05, 4.69) is 17.3 Å². The van der Waals surface area contributed by atoms with E-state index >= 15 is 0 Å². The van der Waals surface area contributed by atoms with Crippen molar-refractivity contribution in [2.75, 3.05) is 26.7 Å². The molecule has 0 unspecified atom stereocenters. The van der Waals surface area contributed by atoms with E-state index in [4.69, 9.17) is 0 Å². The van der Waals surface area contributed by atoms with E-state index in [0.717, 1.165) is 12.0 Å². The largest absolute Gasteiger partial charge is 0.315 e. The molecule has 2 aliphatic rings. The maximum Gasteiger partial charge on any atom is 0.0107 e. The number of hydrogen-bond donors (Lipinski definition) is 1. The van der Waals surface area contributed by atoms with Gasteiger partial charge in [-0.05, 0) is 38.8 Å². The quantitative estimate of drug-likeness (QED) is 0.648. The van der Waals surface area contributed by atoms with Crippen molar-refractivity contribution in [2.24, 2.45) is 5.92 Å². The Hall–Kier alpha value is -0.0800. The van der Waals surface area contributed by atoms with Gasteiger partial charge in [0.25, 0.3) is 0 Å². The van der Waals surface area contributed by atoms with Crippen molar-refractivity contribution in [2.45, 2.75) is 51.0 Å². The first kappa shape index (κ1) is 11.4. The van der Waals surface area contributed by atoms with Crippen LogP contribution < -0.4 is 5.32 Å². The van der Waals surface area contributed by atoms with Gasteiger partial charge in [-0.1, -0.05) is 25.7 Å². The highest BCUT2D eigenvalue weighted by atomic mass is 15.1. The summed E-state index contributed by atoms with van der Waals surface area (Å²) in [5, 5.41) is 3.57. The van der Waals surface area contributed by atoms with Crippen molar-refractivity contribution in [3.63, 3.8) is 0 Å². The molecule has 0 bridgehead atoms. The fourth-order valence-corrected chi connectivity index (χ4v) is 2.62. The summed E-state index contributed by atoms with van der Waals surface area (Å²) in [5.74, 6) is 1.07. The first-order chi connectivity index (χ1) is 7.36. The molecule has 0 spiro atoms. The second-order valence-corrected chi connectivity index (χ2v) is 5.40. The van der Waals surface area contributed by atoms with Gasteiger partial charge in [-0.25, -0.2) is 0 Å². The van der Waals surface area contributed by atoms with Crippen molar-refractivity contribution >= 4 is 0 Å². The maximum atomic E-state index is 3.57. The Morgan fingerprint density at radius 2 is 1.80 bits per heavy atom. The van der Waals surface area contributed by atoms with E-state index in [1.54, 1.807) is 0 Å². The van der Waals surface area contributed by atoms with E-state index in [-0.39, 0.29) is 0 Å². The molecule has 15 heavy (non-hydrogen) atoms. The van der Waals surface area contributed by atoms with E-state index in [9.17, 15) is 0 Å². The molecule has 0 radical (unpaired) electrons. The maximum absolute atomic E-state index is 3.57. The Balaban J connectivity index is 1.45. The molecule has 0 aromatic carbocycles. The highest BCUT2D eigenvalue weighted by Crippen LogP contribution is 2.31. The topological polar surface area (TPSA) is 15.3 Å². The molecule has 2 fully saturated rings. The summed E-state index contributed by atoms with van der Waals surface area (Å²) >= 11 is 0. The van der Waals surface area contributed by atoms with Crippen LogP contribution in [0.1, 0.15) is 44.9 Å². The first-order valence-corrected chi connectivity index (χ1v) is 6.77. The van der Waals surface area contributed by atoms with Gasteiger partial charge >= 0.3 is 0 Å². The second kappa shape index (κ2) is 5.86. The zero-order valence-electron chi connectivity index (χ0n) is 10.2. The molecule has 2 heteroatoms. The molecule has 2 nitrogen and oxygen atoms in total. The van der Waals surface area contributed by atoms with Crippen LogP contribution in [0.4, 0.5) is 0 Å². The van der Waals surface area contributed by atoms with Gasteiger partial charge < -0.3 is 10.2 Å². The van der Waals surface area contributed by atoms with Crippen LogP contribution in [-0.4, -0.2) is 37.6 Å². The van der Waals surface area contributed by atoms with Crippen LogP contribution in [0.15, 0.2) is 0 Å². The Morgan fingerprint density at radius 1 is 1.07 bits per heavy atom. The molecule has 0 aliphatic heterocycles. The third-order valence-corrected chi connectivity index (χ3v) is 4.02. The molecule has 0 atom stereocenters. The van der Waals surface area contributed by atoms with Crippen LogP contribution >= 0.6 is 0 Å². The third-order valence-electron chi connectivity index (χ3n) is 4.02. The SMILES string of the molecule is CN(CCNCCC1CC1)C1CCCC1. The highest BCUT2D eigenvalue weighted by molar-refractivity contribution is 4.76. The van der Waals surface area contributed by atoms with Gasteiger partial charge in [0.1, 0.15) is 0 Å². The summed E-state index contributed by atoms with van der Waals surface area (Å²) < 4.78 is 0. The van der Waals surface area contributed by atoms with Crippen LogP contribution in [0.25, 0.3) is 0 Å². The fraction of sp³-hybridized carbons (Fsp3) is 1.00. The van der Waals surface area contributed by atoms with E-state index in [1.807, 2.05) is 0 Å². The minimum absolute atomic E-state index is 0.884. The molecule has 0 aromatic rings. The molecular weight excluding hydrogens is 184 g/mol. The molecule has 1 N–H and O–H groups in total. The Labute approximate surface area is 94.4 Å². The number of nitrogens with zero attached hydrogens (tertiary/aromatic N) is 1. The Kier molecular flexibility index (Phi) is 4.45. The summed E-state index contributed by atoms with van der Waals surface area (Å²) in [6.45, 7) is 3.65. The number of hydrogen-bond acceptors (Lipinski definition) is 2. The molecule has 2 rings (SSSR count). The lowest BCUT2D eigenvalue weighted by Gasteiger charge is -2.23. The van der Waals surface area contributed by atoms with Crippen LogP contribution in [0.3, 0.4) is 0 Å². The lowest BCUT2D eigenvalue weighted by molar-refractivity contribution is 0.245. The summed E-state index contributed by atoms with van der Waals surface area (Å²) in [5.41, 5.74) is 0. The third kappa shape index (κ3) is 4.12. The number of likely N-dealkylation sites (N-methyl/N-ethyl adjacent to an activating group) is 1. The van der Waals surface area contributed by atoms with Gasteiger partial charge in [0.05, 0.1) is 0 Å².